The van der Waals surface area contributed by atoms with Crippen molar-refractivity contribution in [2.45, 2.75) is 18.7 Å². The molecule has 6 heteroatoms. The summed E-state index contributed by atoms with van der Waals surface area (Å²) in [5, 5.41) is 6.90. The maximum Gasteiger partial charge on any atom is 0.213 e. The van der Waals surface area contributed by atoms with Crippen LogP contribution < -0.4 is 9.47 Å². The lowest BCUT2D eigenvalue weighted by Gasteiger charge is -2.38. The summed E-state index contributed by atoms with van der Waals surface area (Å²) >= 11 is 3.56. The number of hydrazone groups is 1. The Kier molecular flexibility index (Phi) is 4.51. The fourth-order valence-corrected chi connectivity index (χ4v) is 4.47. The van der Waals surface area contributed by atoms with Crippen LogP contribution in [-0.4, -0.2) is 17.8 Å². The summed E-state index contributed by atoms with van der Waals surface area (Å²) in [6.45, 7) is 0. The maximum absolute atomic E-state index is 13.4. The van der Waals surface area contributed by atoms with E-state index in [1.807, 2.05) is 41.4 Å². The van der Waals surface area contributed by atoms with Crippen LogP contribution in [0.25, 0.3) is 0 Å². The first-order valence-corrected chi connectivity index (χ1v) is 10.1. The third-order valence-corrected chi connectivity index (χ3v) is 5.96. The van der Waals surface area contributed by atoms with Crippen LogP contribution in [-0.2, 0) is 0 Å². The topological polar surface area (TPSA) is 34.1 Å². The molecule has 3 aromatic rings. The summed E-state index contributed by atoms with van der Waals surface area (Å²) in [6.07, 6.45) is 0.370. The summed E-state index contributed by atoms with van der Waals surface area (Å²) in [7, 11) is 1.64. The van der Waals surface area contributed by atoms with Crippen molar-refractivity contribution in [3.8, 4) is 11.5 Å². The fourth-order valence-electron chi connectivity index (χ4n) is 3.91. The number of benzene rings is 3. The van der Waals surface area contributed by atoms with Gasteiger partial charge < -0.3 is 9.47 Å². The van der Waals surface area contributed by atoms with Gasteiger partial charge in [0.15, 0.2) is 0 Å². The van der Waals surface area contributed by atoms with Gasteiger partial charge in [-0.15, -0.1) is 0 Å². The van der Waals surface area contributed by atoms with Crippen molar-refractivity contribution in [3.05, 3.63) is 93.7 Å². The van der Waals surface area contributed by atoms with E-state index in [9.17, 15) is 4.39 Å². The summed E-state index contributed by atoms with van der Waals surface area (Å²) in [4.78, 5) is 0. The lowest BCUT2D eigenvalue weighted by Crippen LogP contribution is -2.33. The molecule has 146 valence electrons. The van der Waals surface area contributed by atoms with E-state index in [2.05, 4.69) is 22.0 Å². The normalized spacial score (nSPS) is 19.8. The van der Waals surface area contributed by atoms with Crippen molar-refractivity contribution in [3.63, 3.8) is 0 Å². The number of para-hydroxylation sites is 1. The average Bonchev–Trinajstić information content (AvgIpc) is 3.19. The molecule has 0 radical (unpaired) electrons. The quantitative estimate of drug-likeness (QED) is 0.500. The highest BCUT2D eigenvalue weighted by atomic mass is 79.9. The van der Waals surface area contributed by atoms with Gasteiger partial charge in [-0.3, -0.25) is 0 Å². The summed E-state index contributed by atoms with van der Waals surface area (Å²) < 4.78 is 25.9. The number of halogens is 2. The molecule has 0 amide bonds. The molecule has 0 saturated heterocycles. The van der Waals surface area contributed by atoms with Gasteiger partial charge in [-0.25, -0.2) is 9.40 Å². The molecule has 2 aliphatic heterocycles. The summed E-state index contributed by atoms with van der Waals surface area (Å²) in [5.74, 6) is 1.37. The van der Waals surface area contributed by atoms with E-state index in [0.29, 0.717) is 0 Å². The van der Waals surface area contributed by atoms with E-state index in [-0.39, 0.29) is 18.1 Å². The first-order valence-electron chi connectivity index (χ1n) is 9.35. The van der Waals surface area contributed by atoms with Gasteiger partial charge in [0.2, 0.25) is 6.23 Å². The van der Waals surface area contributed by atoms with Crippen LogP contribution in [0.5, 0.6) is 11.5 Å². The second kappa shape index (κ2) is 7.19. The Morgan fingerprint density at radius 3 is 2.66 bits per heavy atom. The Morgan fingerprint density at radius 1 is 1.10 bits per heavy atom. The van der Waals surface area contributed by atoms with Gasteiger partial charge >= 0.3 is 0 Å². The Bertz CT molecular complexity index is 1100. The minimum atomic E-state index is -0.366. The largest absolute Gasteiger partial charge is 0.496 e. The molecule has 0 N–H and O–H groups in total. The number of ether oxygens (including phenoxy) is 2. The minimum absolute atomic E-state index is 0.0610. The first kappa shape index (κ1) is 18.2. The molecule has 0 fully saturated rings. The molecule has 2 unspecified atom stereocenters. The van der Waals surface area contributed by atoms with E-state index < -0.39 is 0 Å². The Morgan fingerprint density at radius 2 is 1.90 bits per heavy atom. The molecule has 0 spiro atoms. The molecule has 0 bridgehead atoms. The number of methoxy groups -OCH3 is 1. The van der Waals surface area contributed by atoms with Crippen LogP contribution in [0.1, 0.15) is 35.4 Å². The number of hydrogen-bond acceptors (Lipinski definition) is 4. The molecule has 3 aromatic carbocycles. The number of nitrogens with zero attached hydrogens (tertiary/aromatic N) is 2. The zero-order valence-electron chi connectivity index (χ0n) is 15.7. The van der Waals surface area contributed by atoms with Gasteiger partial charge in [0, 0.05) is 17.5 Å². The SMILES string of the molecule is COc1ccc(C2Oc3ccccc3C3CC(c4ccc(F)cc4)=NN32)cc1Br. The maximum atomic E-state index is 13.4. The third-order valence-electron chi connectivity index (χ3n) is 5.34. The van der Waals surface area contributed by atoms with Crippen LogP contribution in [0.2, 0.25) is 0 Å². The molecule has 0 aliphatic carbocycles. The van der Waals surface area contributed by atoms with E-state index >= 15 is 0 Å². The van der Waals surface area contributed by atoms with Crippen molar-refractivity contribution < 1.29 is 13.9 Å². The number of hydrogen-bond donors (Lipinski definition) is 0. The van der Waals surface area contributed by atoms with Gasteiger partial charge in [-0.2, -0.15) is 5.10 Å². The van der Waals surface area contributed by atoms with Crippen molar-refractivity contribution in [2.24, 2.45) is 5.10 Å². The zero-order valence-corrected chi connectivity index (χ0v) is 17.3. The molecular formula is C23H18BrFN2O2. The molecule has 0 saturated carbocycles. The molecule has 5 rings (SSSR count). The lowest BCUT2D eigenvalue weighted by molar-refractivity contribution is -0.0190. The highest BCUT2D eigenvalue weighted by molar-refractivity contribution is 9.10. The van der Waals surface area contributed by atoms with Crippen LogP contribution >= 0.6 is 15.9 Å². The molecular weight excluding hydrogens is 435 g/mol. The highest BCUT2D eigenvalue weighted by Gasteiger charge is 2.40. The van der Waals surface area contributed by atoms with Gasteiger partial charge in [-0.1, -0.05) is 30.3 Å². The smallest absolute Gasteiger partial charge is 0.213 e. The van der Waals surface area contributed by atoms with Crippen molar-refractivity contribution >= 4 is 21.6 Å². The van der Waals surface area contributed by atoms with E-state index in [0.717, 1.165) is 44.8 Å². The fraction of sp³-hybridized carbons (Fsp3) is 0.174. The Labute approximate surface area is 176 Å². The van der Waals surface area contributed by atoms with E-state index in [1.165, 1.54) is 12.1 Å². The highest BCUT2D eigenvalue weighted by Crippen LogP contribution is 2.47. The van der Waals surface area contributed by atoms with Crippen molar-refractivity contribution in [2.75, 3.05) is 7.11 Å². The van der Waals surface area contributed by atoms with E-state index in [1.54, 1.807) is 19.2 Å². The predicted octanol–water partition coefficient (Wildman–Crippen LogP) is 5.84. The Hall–Kier alpha value is -2.86. The monoisotopic (exact) mass is 452 g/mol. The van der Waals surface area contributed by atoms with Gasteiger partial charge in [0.25, 0.3) is 0 Å². The lowest BCUT2D eigenvalue weighted by atomic mass is 9.96. The average molecular weight is 453 g/mol. The third kappa shape index (κ3) is 3.17. The minimum Gasteiger partial charge on any atom is -0.496 e. The Balaban J connectivity index is 1.58. The number of fused-ring (bicyclic) bond motifs is 3. The molecule has 2 heterocycles. The molecule has 29 heavy (non-hydrogen) atoms. The molecule has 2 atom stereocenters. The summed E-state index contributed by atoms with van der Waals surface area (Å²) in [5.41, 5.74) is 3.93. The molecule has 4 nitrogen and oxygen atoms in total. The standard InChI is InChI=1S/C23H18BrFN2O2/c1-28-22-11-8-15(12-18(22)24)23-27-20(17-4-2-3-5-21(17)29-23)13-19(26-27)14-6-9-16(25)10-7-14/h2-12,20,23H,13H2,1H3. The molecule has 2 aliphatic rings. The van der Waals surface area contributed by atoms with E-state index in [4.69, 9.17) is 14.6 Å². The first-order chi connectivity index (χ1) is 14.1. The van der Waals surface area contributed by atoms with Crippen molar-refractivity contribution in [1.29, 1.82) is 0 Å². The zero-order chi connectivity index (χ0) is 20.0. The van der Waals surface area contributed by atoms with Gasteiger partial charge in [0.05, 0.1) is 23.3 Å². The summed E-state index contributed by atoms with van der Waals surface area (Å²) in [6, 6.07) is 20.5. The van der Waals surface area contributed by atoms with Gasteiger partial charge in [0.1, 0.15) is 17.3 Å². The van der Waals surface area contributed by atoms with Crippen LogP contribution in [0.3, 0.4) is 0 Å². The second-order valence-corrected chi connectivity index (χ2v) is 7.91. The van der Waals surface area contributed by atoms with Crippen LogP contribution in [0, 0.1) is 5.82 Å². The molecule has 0 aromatic heterocycles. The van der Waals surface area contributed by atoms with Crippen LogP contribution in [0.15, 0.2) is 76.3 Å². The van der Waals surface area contributed by atoms with Crippen LogP contribution in [0.4, 0.5) is 4.39 Å². The number of rotatable bonds is 3. The van der Waals surface area contributed by atoms with Crippen molar-refractivity contribution in [1.82, 2.24) is 5.01 Å². The van der Waals surface area contributed by atoms with Gasteiger partial charge in [-0.05, 0) is 57.9 Å². The predicted molar refractivity (Wildman–Crippen MR) is 113 cm³/mol. The second-order valence-electron chi connectivity index (χ2n) is 7.06.